The van der Waals surface area contributed by atoms with Crippen molar-refractivity contribution in [1.82, 2.24) is 19.4 Å². The van der Waals surface area contributed by atoms with Crippen molar-refractivity contribution < 1.29 is 9.59 Å². The number of rotatable bonds is 5. The molecule has 3 fully saturated rings. The van der Waals surface area contributed by atoms with E-state index in [4.69, 9.17) is 4.98 Å². The van der Waals surface area contributed by atoms with Crippen LogP contribution >= 0.6 is 0 Å². The van der Waals surface area contributed by atoms with Crippen molar-refractivity contribution in [2.24, 2.45) is 11.3 Å². The Hall–Kier alpha value is -2.63. The Morgan fingerprint density at radius 2 is 1.97 bits per heavy atom. The fourth-order valence-corrected chi connectivity index (χ4v) is 5.25. The molecule has 2 amide bonds. The lowest BCUT2D eigenvalue weighted by atomic mass is 9.75. The van der Waals surface area contributed by atoms with Gasteiger partial charge in [-0.05, 0) is 58.1 Å². The Morgan fingerprint density at radius 1 is 1.23 bits per heavy atom. The second kappa shape index (κ2) is 7.50. The highest BCUT2D eigenvalue weighted by Gasteiger charge is 2.59. The van der Waals surface area contributed by atoms with Gasteiger partial charge in [-0.25, -0.2) is 4.98 Å². The van der Waals surface area contributed by atoms with Crippen LogP contribution in [0.15, 0.2) is 36.8 Å². The van der Waals surface area contributed by atoms with Crippen LogP contribution < -0.4 is 0 Å². The molecule has 6 nitrogen and oxygen atoms in total. The normalized spacial score (nSPS) is 25.9. The Morgan fingerprint density at radius 3 is 2.61 bits per heavy atom. The van der Waals surface area contributed by atoms with E-state index >= 15 is 0 Å². The minimum absolute atomic E-state index is 0.0126. The summed E-state index contributed by atoms with van der Waals surface area (Å²) in [6.07, 6.45) is 7.21. The van der Waals surface area contributed by atoms with E-state index in [9.17, 15) is 9.59 Å². The second-order valence-corrected chi connectivity index (χ2v) is 10.0. The zero-order valence-corrected chi connectivity index (χ0v) is 18.8. The fourth-order valence-electron chi connectivity index (χ4n) is 5.25. The second-order valence-electron chi connectivity index (χ2n) is 10.0. The van der Waals surface area contributed by atoms with Crippen molar-refractivity contribution in [3.63, 3.8) is 0 Å². The quantitative estimate of drug-likeness (QED) is 0.742. The van der Waals surface area contributed by atoms with Crippen LogP contribution in [-0.2, 0) is 4.79 Å². The van der Waals surface area contributed by atoms with Gasteiger partial charge in [-0.1, -0.05) is 17.7 Å². The minimum atomic E-state index is -0.550. The lowest BCUT2D eigenvalue weighted by Gasteiger charge is -2.28. The molecular weight excluding hydrogens is 388 g/mol. The average Bonchev–Trinajstić information content (AvgIpc) is 3.17. The topological polar surface area (TPSA) is 58.4 Å². The number of imidazole rings is 1. The maximum Gasteiger partial charge on any atom is 0.253 e. The summed E-state index contributed by atoms with van der Waals surface area (Å²) in [7, 11) is 0. The number of hydrogen-bond acceptors (Lipinski definition) is 3. The summed E-state index contributed by atoms with van der Waals surface area (Å²) < 4.78 is 2.09. The van der Waals surface area contributed by atoms with Crippen molar-refractivity contribution in [1.29, 1.82) is 0 Å². The number of aromatic nitrogens is 2. The summed E-state index contributed by atoms with van der Waals surface area (Å²) in [6, 6.07) is 8.04. The number of benzene rings is 1. The van der Waals surface area contributed by atoms with E-state index in [0.29, 0.717) is 30.6 Å². The van der Waals surface area contributed by atoms with Crippen LogP contribution in [-0.4, -0.2) is 57.3 Å². The summed E-state index contributed by atoms with van der Waals surface area (Å²) in [4.78, 5) is 35.7. The lowest BCUT2D eigenvalue weighted by Crippen LogP contribution is -2.41. The van der Waals surface area contributed by atoms with Crippen LogP contribution in [0.3, 0.4) is 0 Å². The summed E-state index contributed by atoms with van der Waals surface area (Å²) in [5.74, 6) is 0.851. The van der Waals surface area contributed by atoms with Gasteiger partial charge >= 0.3 is 0 Å². The maximum atomic E-state index is 13.7. The Bertz CT molecular complexity index is 991. The molecule has 2 aliphatic heterocycles. The lowest BCUT2D eigenvalue weighted by molar-refractivity contribution is -0.136. The van der Waals surface area contributed by atoms with Gasteiger partial charge in [0.15, 0.2) is 0 Å². The Balaban J connectivity index is 1.46. The largest absolute Gasteiger partial charge is 0.342 e. The van der Waals surface area contributed by atoms with Crippen LogP contribution in [0.2, 0.25) is 0 Å². The fraction of sp³-hybridized carbons (Fsp3) is 0.560. The number of likely N-dealkylation sites (tertiary alicyclic amines) is 2. The molecule has 0 bridgehead atoms. The van der Waals surface area contributed by atoms with Crippen LogP contribution in [0.25, 0.3) is 0 Å². The van der Waals surface area contributed by atoms with E-state index in [1.165, 1.54) is 12.8 Å². The molecule has 0 radical (unpaired) electrons. The third-order valence-electron chi connectivity index (χ3n) is 7.42. The van der Waals surface area contributed by atoms with Crippen molar-refractivity contribution >= 4 is 11.8 Å². The molecule has 5 rings (SSSR count). The first-order valence-electron chi connectivity index (χ1n) is 11.6. The monoisotopic (exact) mass is 420 g/mol. The predicted molar refractivity (Wildman–Crippen MR) is 119 cm³/mol. The summed E-state index contributed by atoms with van der Waals surface area (Å²) in [5, 5.41) is 0. The van der Waals surface area contributed by atoms with Gasteiger partial charge in [-0.2, -0.15) is 0 Å². The Kier molecular flexibility index (Phi) is 4.91. The number of carbonyl (C=O) groups excluding carboxylic acids is 2. The molecular formula is C25H32N4O2. The number of nitrogens with zero attached hydrogens (tertiary/aromatic N) is 4. The minimum Gasteiger partial charge on any atom is -0.342 e. The summed E-state index contributed by atoms with van der Waals surface area (Å²) in [5.41, 5.74) is 2.21. The van der Waals surface area contributed by atoms with E-state index < -0.39 is 5.41 Å². The molecule has 1 aliphatic carbocycles. The van der Waals surface area contributed by atoms with Gasteiger partial charge in [-0.3, -0.25) is 9.59 Å². The average molecular weight is 421 g/mol. The van der Waals surface area contributed by atoms with E-state index in [-0.39, 0.29) is 17.7 Å². The maximum absolute atomic E-state index is 13.7. The van der Waals surface area contributed by atoms with Crippen molar-refractivity contribution in [2.45, 2.75) is 52.0 Å². The third kappa shape index (κ3) is 3.56. The smallest absolute Gasteiger partial charge is 0.253 e. The van der Waals surface area contributed by atoms with E-state index in [1.54, 1.807) is 0 Å². The molecule has 1 spiro atoms. The molecule has 1 aromatic carbocycles. The predicted octanol–water partition coefficient (Wildman–Crippen LogP) is 3.64. The molecule has 0 N–H and O–H groups in total. The standard InChI is InChI=1S/C25H32N4O2/c1-17(2)29-14-22(26-16-29)21-13-28(23(30)20-8-4-18(3)5-9-20)15-25(21)10-11-27(24(25)31)12-19-6-7-19/h4-5,8-9,14,16-17,19,21H,6-7,10-13,15H2,1-3H3/t21-,25-/m1/s1. The zero-order valence-electron chi connectivity index (χ0n) is 18.8. The number of aryl methyl sites for hydroxylation is 1. The highest BCUT2D eigenvalue weighted by atomic mass is 16.2. The third-order valence-corrected chi connectivity index (χ3v) is 7.42. The molecule has 164 valence electrons. The van der Waals surface area contributed by atoms with Crippen molar-refractivity contribution in [3.05, 3.63) is 53.6 Å². The van der Waals surface area contributed by atoms with Gasteiger partial charge in [0.2, 0.25) is 5.91 Å². The molecule has 2 aromatic rings. The molecule has 3 aliphatic rings. The first-order valence-corrected chi connectivity index (χ1v) is 11.6. The SMILES string of the molecule is Cc1ccc(C(=O)N2C[C@H](c3cn(C(C)C)cn3)[C@@]3(CCN(CC4CC4)C3=O)C2)cc1. The molecule has 2 saturated heterocycles. The molecule has 1 aromatic heterocycles. The molecule has 31 heavy (non-hydrogen) atoms. The highest BCUT2D eigenvalue weighted by molar-refractivity contribution is 5.96. The first-order chi connectivity index (χ1) is 14.9. The highest BCUT2D eigenvalue weighted by Crippen LogP contribution is 2.50. The van der Waals surface area contributed by atoms with E-state index in [1.807, 2.05) is 42.4 Å². The van der Waals surface area contributed by atoms with Crippen LogP contribution in [0, 0.1) is 18.3 Å². The van der Waals surface area contributed by atoms with E-state index in [0.717, 1.165) is 30.8 Å². The van der Waals surface area contributed by atoms with Gasteiger partial charge in [0, 0.05) is 49.9 Å². The number of amides is 2. The van der Waals surface area contributed by atoms with Gasteiger partial charge in [0.25, 0.3) is 5.91 Å². The van der Waals surface area contributed by atoms with Gasteiger partial charge in [-0.15, -0.1) is 0 Å². The first kappa shape index (κ1) is 20.3. The van der Waals surface area contributed by atoms with Gasteiger partial charge in [0.05, 0.1) is 17.4 Å². The number of carbonyl (C=O) groups is 2. The van der Waals surface area contributed by atoms with Gasteiger partial charge in [0.1, 0.15) is 0 Å². The number of hydrogen-bond donors (Lipinski definition) is 0. The molecule has 1 saturated carbocycles. The molecule has 2 atom stereocenters. The van der Waals surface area contributed by atoms with E-state index in [2.05, 4.69) is 29.5 Å². The molecule has 0 unspecified atom stereocenters. The summed E-state index contributed by atoms with van der Waals surface area (Å²) >= 11 is 0. The van der Waals surface area contributed by atoms with Crippen LogP contribution in [0.4, 0.5) is 0 Å². The molecule has 6 heteroatoms. The van der Waals surface area contributed by atoms with Gasteiger partial charge < -0.3 is 14.4 Å². The molecule has 3 heterocycles. The van der Waals surface area contributed by atoms with Crippen LogP contribution in [0.1, 0.15) is 66.7 Å². The van der Waals surface area contributed by atoms with Crippen molar-refractivity contribution in [3.8, 4) is 0 Å². The summed E-state index contributed by atoms with van der Waals surface area (Å²) in [6.45, 7) is 8.97. The van der Waals surface area contributed by atoms with Crippen molar-refractivity contribution in [2.75, 3.05) is 26.2 Å². The Labute approximate surface area is 184 Å². The van der Waals surface area contributed by atoms with Crippen LogP contribution in [0.5, 0.6) is 0 Å². The zero-order chi connectivity index (χ0) is 21.8.